The molecule has 1 saturated heterocycles. The number of hydrogen-bond acceptors (Lipinski definition) is 5. The Hall–Kier alpha value is -1.63. The van der Waals surface area contributed by atoms with E-state index < -0.39 is 0 Å². The lowest BCUT2D eigenvalue weighted by atomic mass is 10.1. The van der Waals surface area contributed by atoms with Gasteiger partial charge in [0.05, 0.1) is 25.9 Å². The van der Waals surface area contributed by atoms with E-state index in [0.717, 1.165) is 25.3 Å². The fourth-order valence-electron chi connectivity index (χ4n) is 3.33. The predicted molar refractivity (Wildman–Crippen MR) is 106 cm³/mol. The van der Waals surface area contributed by atoms with Crippen LogP contribution in [0.5, 0.6) is 5.75 Å². The molecule has 0 aliphatic carbocycles. The number of carbonyl (C=O) groups is 1. The average Bonchev–Trinajstić information content (AvgIpc) is 2.67. The summed E-state index contributed by atoms with van der Waals surface area (Å²) in [6, 6.07) is 7.23. The Morgan fingerprint density at radius 2 is 2.07 bits per heavy atom. The number of ether oxygens (including phenoxy) is 2. The molecule has 6 nitrogen and oxygen atoms in total. The number of aliphatic hydroxyl groups is 1. The number of rotatable bonds is 9. The number of hydrogen-bond donors (Lipinski definition) is 1. The summed E-state index contributed by atoms with van der Waals surface area (Å²) < 4.78 is 11.1. The second-order valence-electron chi connectivity index (χ2n) is 7.65. The number of benzene rings is 1. The molecular weight excluding hydrogens is 344 g/mol. The summed E-state index contributed by atoms with van der Waals surface area (Å²) in [5, 5.41) is 9.92. The quantitative estimate of drug-likeness (QED) is 0.714. The molecule has 152 valence electrons. The number of nitrogens with zero attached hydrogens (tertiary/aromatic N) is 2. The van der Waals surface area contributed by atoms with E-state index in [1.807, 2.05) is 24.0 Å². The van der Waals surface area contributed by atoms with Crippen LogP contribution in [0.15, 0.2) is 24.3 Å². The molecule has 0 radical (unpaired) electrons. The zero-order valence-electron chi connectivity index (χ0n) is 17.1. The lowest BCUT2D eigenvalue weighted by Crippen LogP contribution is -2.50. The van der Waals surface area contributed by atoms with Gasteiger partial charge in [-0.15, -0.1) is 0 Å². The van der Waals surface area contributed by atoms with E-state index >= 15 is 0 Å². The van der Waals surface area contributed by atoms with Crippen molar-refractivity contribution in [1.82, 2.24) is 9.80 Å². The highest BCUT2D eigenvalue weighted by Crippen LogP contribution is 2.16. The SMILES string of the molecule is CC[C@@H](O)CN1CCO[C@H](CN(CC(C)C)C(=O)c2ccc(OC)cc2)C1. The minimum Gasteiger partial charge on any atom is -0.497 e. The number of methoxy groups -OCH3 is 1. The van der Waals surface area contributed by atoms with E-state index in [4.69, 9.17) is 9.47 Å². The van der Waals surface area contributed by atoms with Crippen LogP contribution in [0.4, 0.5) is 0 Å². The zero-order valence-corrected chi connectivity index (χ0v) is 17.1. The molecule has 1 amide bonds. The lowest BCUT2D eigenvalue weighted by molar-refractivity contribution is -0.0513. The first-order valence-corrected chi connectivity index (χ1v) is 9.88. The van der Waals surface area contributed by atoms with E-state index in [2.05, 4.69) is 18.7 Å². The van der Waals surface area contributed by atoms with Gasteiger partial charge >= 0.3 is 0 Å². The summed E-state index contributed by atoms with van der Waals surface area (Å²) >= 11 is 0. The Labute approximate surface area is 163 Å². The topological polar surface area (TPSA) is 62.2 Å². The summed E-state index contributed by atoms with van der Waals surface area (Å²) in [5.74, 6) is 1.12. The molecule has 1 aromatic rings. The minimum absolute atomic E-state index is 0.0145. The van der Waals surface area contributed by atoms with Crippen LogP contribution in [0, 0.1) is 5.92 Å². The average molecular weight is 379 g/mol. The molecule has 0 spiro atoms. The van der Waals surface area contributed by atoms with Crippen molar-refractivity contribution in [1.29, 1.82) is 0 Å². The first kappa shape index (κ1) is 21.7. The van der Waals surface area contributed by atoms with Crippen LogP contribution in [-0.2, 0) is 4.74 Å². The summed E-state index contributed by atoms with van der Waals surface area (Å²) in [7, 11) is 1.61. The number of amides is 1. The van der Waals surface area contributed by atoms with Crippen molar-refractivity contribution < 1.29 is 19.4 Å². The maximum Gasteiger partial charge on any atom is 0.253 e. The third-order valence-corrected chi connectivity index (χ3v) is 4.80. The van der Waals surface area contributed by atoms with Crippen LogP contribution in [0.1, 0.15) is 37.6 Å². The Balaban J connectivity index is 2.03. The lowest BCUT2D eigenvalue weighted by Gasteiger charge is -2.37. The van der Waals surface area contributed by atoms with Gasteiger partial charge in [0.1, 0.15) is 5.75 Å². The smallest absolute Gasteiger partial charge is 0.253 e. The molecule has 0 aromatic heterocycles. The fourth-order valence-corrected chi connectivity index (χ4v) is 3.33. The maximum absolute atomic E-state index is 13.0. The fraction of sp³-hybridized carbons (Fsp3) is 0.667. The molecule has 1 N–H and O–H groups in total. The molecule has 0 bridgehead atoms. The monoisotopic (exact) mass is 378 g/mol. The number of β-amino-alcohol motifs (C(OH)–C–C–N with tert-alkyl or cyclic N) is 1. The van der Waals surface area contributed by atoms with Crippen molar-refractivity contribution in [2.24, 2.45) is 5.92 Å². The van der Waals surface area contributed by atoms with Crippen LogP contribution < -0.4 is 4.74 Å². The molecular formula is C21H34N2O4. The van der Waals surface area contributed by atoms with Crippen molar-refractivity contribution in [2.75, 3.05) is 46.4 Å². The summed E-state index contributed by atoms with van der Waals surface area (Å²) in [6.45, 7) is 10.3. The Bertz CT molecular complexity index is 576. The molecule has 1 heterocycles. The molecule has 2 rings (SSSR count). The normalized spacial score (nSPS) is 19.1. The Kier molecular flexibility index (Phi) is 8.54. The Morgan fingerprint density at radius 3 is 2.67 bits per heavy atom. The number of carbonyl (C=O) groups excluding carboxylic acids is 1. The molecule has 1 aliphatic rings. The van der Waals surface area contributed by atoms with Gasteiger partial charge in [0.25, 0.3) is 5.91 Å². The molecule has 2 atom stereocenters. The van der Waals surface area contributed by atoms with Crippen molar-refractivity contribution in [2.45, 2.75) is 39.4 Å². The third-order valence-electron chi connectivity index (χ3n) is 4.80. The van der Waals surface area contributed by atoms with Crippen molar-refractivity contribution in [3.05, 3.63) is 29.8 Å². The predicted octanol–water partition coefficient (Wildman–Crippen LogP) is 2.27. The molecule has 1 aliphatic heterocycles. The van der Waals surface area contributed by atoms with E-state index in [-0.39, 0.29) is 18.1 Å². The highest BCUT2D eigenvalue weighted by molar-refractivity contribution is 5.94. The van der Waals surface area contributed by atoms with Gasteiger partial charge in [0, 0.05) is 38.3 Å². The zero-order chi connectivity index (χ0) is 19.8. The van der Waals surface area contributed by atoms with Gasteiger partial charge in [0.15, 0.2) is 0 Å². The van der Waals surface area contributed by atoms with Gasteiger partial charge in [0.2, 0.25) is 0 Å². The second kappa shape index (κ2) is 10.6. The molecule has 1 aromatic carbocycles. The van der Waals surface area contributed by atoms with Crippen LogP contribution in [-0.4, -0.2) is 79.5 Å². The van der Waals surface area contributed by atoms with Crippen LogP contribution in [0.2, 0.25) is 0 Å². The largest absolute Gasteiger partial charge is 0.497 e. The third kappa shape index (κ3) is 6.79. The van der Waals surface area contributed by atoms with Gasteiger partial charge in [-0.3, -0.25) is 9.69 Å². The van der Waals surface area contributed by atoms with Gasteiger partial charge in [-0.1, -0.05) is 20.8 Å². The standard InChI is InChI=1S/C21H34N2O4/c1-5-18(24)13-22-10-11-27-20(14-22)15-23(12-16(2)3)21(25)17-6-8-19(26-4)9-7-17/h6-9,16,18,20,24H,5,10-15H2,1-4H3/t18-,20+/m1/s1. The highest BCUT2D eigenvalue weighted by Gasteiger charge is 2.26. The Morgan fingerprint density at radius 1 is 1.37 bits per heavy atom. The van der Waals surface area contributed by atoms with Gasteiger partial charge < -0.3 is 19.5 Å². The van der Waals surface area contributed by atoms with E-state index in [1.54, 1.807) is 19.2 Å². The van der Waals surface area contributed by atoms with Gasteiger partial charge in [-0.25, -0.2) is 0 Å². The van der Waals surface area contributed by atoms with Gasteiger partial charge in [-0.05, 0) is 36.6 Å². The van der Waals surface area contributed by atoms with E-state index in [0.29, 0.717) is 37.7 Å². The minimum atomic E-state index is -0.309. The molecule has 1 fully saturated rings. The maximum atomic E-state index is 13.0. The van der Waals surface area contributed by atoms with Crippen LogP contribution >= 0.6 is 0 Å². The van der Waals surface area contributed by atoms with Crippen LogP contribution in [0.25, 0.3) is 0 Å². The molecule has 0 unspecified atom stereocenters. The summed E-state index contributed by atoms with van der Waals surface area (Å²) in [4.78, 5) is 17.2. The van der Waals surface area contributed by atoms with Crippen molar-refractivity contribution in [3.63, 3.8) is 0 Å². The van der Waals surface area contributed by atoms with E-state index in [9.17, 15) is 9.90 Å². The highest BCUT2D eigenvalue weighted by atomic mass is 16.5. The van der Waals surface area contributed by atoms with Crippen molar-refractivity contribution in [3.8, 4) is 5.75 Å². The number of morpholine rings is 1. The summed E-state index contributed by atoms with van der Waals surface area (Å²) in [6.07, 6.45) is 0.400. The first-order chi connectivity index (χ1) is 12.9. The second-order valence-corrected chi connectivity index (χ2v) is 7.65. The van der Waals surface area contributed by atoms with Gasteiger partial charge in [-0.2, -0.15) is 0 Å². The van der Waals surface area contributed by atoms with Crippen LogP contribution in [0.3, 0.4) is 0 Å². The van der Waals surface area contributed by atoms with Crippen molar-refractivity contribution >= 4 is 5.91 Å². The molecule has 27 heavy (non-hydrogen) atoms. The molecule has 6 heteroatoms. The number of aliphatic hydroxyl groups excluding tert-OH is 1. The summed E-state index contributed by atoms with van der Waals surface area (Å²) in [5.41, 5.74) is 0.658. The van der Waals surface area contributed by atoms with E-state index in [1.165, 1.54) is 0 Å². The first-order valence-electron chi connectivity index (χ1n) is 9.88. The molecule has 0 saturated carbocycles.